The molecule has 0 aliphatic heterocycles. The number of carbonyl (C=O) groups excluding carboxylic acids is 1. The minimum atomic E-state index is -0.645. The van der Waals surface area contributed by atoms with Crippen LogP contribution in [0.5, 0.6) is 0 Å². The molecule has 1 unspecified atom stereocenters. The first-order valence-electron chi connectivity index (χ1n) is 6.47. The van der Waals surface area contributed by atoms with Crippen LogP contribution >= 0.6 is 22.9 Å². The summed E-state index contributed by atoms with van der Waals surface area (Å²) >= 11 is 7.25. The molecule has 2 rings (SSSR count). The van der Waals surface area contributed by atoms with Crippen molar-refractivity contribution in [1.82, 2.24) is 10.3 Å². The summed E-state index contributed by atoms with van der Waals surface area (Å²) in [5.74, 6) is -1.05. The number of aromatic nitrogens is 1. The van der Waals surface area contributed by atoms with E-state index in [0.29, 0.717) is 10.9 Å². The Bertz CT molecular complexity index is 647. The molecule has 0 bridgehead atoms. The molecule has 7 heteroatoms. The lowest BCUT2D eigenvalue weighted by Crippen LogP contribution is -2.27. The van der Waals surface area contributed by atoms with Crippen LogP contribution in [0.1, 0.15) is 35.1 Å². The van der Waals surface area contributed by atoms with Gasteiger partial charge in [0.2, 0.25) is 0 Å². The van der Waals surface area contributed by atoms with Crippen LogP contribution in [0.3, 0.4) is 0 Å². The van der Waals surface area contributed by atoms with Gasteiger partial charge in [0.25, 0.3) is 5.91 Å². The third-order valence-corrected chi connectivity index (χ3v) is 4.26. The Kier molecular flexibility index (Phi) is 5.14. The van der Waals surface area contributed by atoms with Crippen molar-refractivity contribution < 1.29 is 9.18 Å². The lowest BCUT2D eigenvalue weighted by atomic mass is 10.2. The Morgan fingerprint density at radius 2 is 2.24 bits per heavy atom. The van der Waals surface area contributed by atoms with Crippen molar-refractivity contribution in [1.29, 1.82) is 0 Å². The first kappa shape index (κ1) is 15.7. The molecule has 2 aromatic rings. The summed E-state index contributed by atoms with van der Waals surface area (Å²) in [7, 11) is 0. The van der Waals surface area contributed by atoms with E-state index in [1.54, 1.807) is 6.07 Å². The van der Waals surface area contributed by atoms with Gasteiger partial charge in [-0.3, -0.25) is 4.79 Å². The summed E-state index contributed by atoms with van der Waals surface area (Å²) in [5.41, 5.74) is -0.0320. The molecule has 4 nitrogen and oxygen atoms in total. The van der Waals surface area contributed by atoms with E-state index in [0.717, 1.165) is 4.88 Å². The van der Waals surface area contributed by atoms with E-state index in [4.69, 9.17) is 11.6 Å². The third-order valence-electron chi connectivity index (χ3n) is 2.85. The standard InChI is InChI=1S/C14H15ClFN3OS/c1-3-17-13-12(16)9(6-7-18-13)14(20)19-8(2)10-4-5-11(15)21-10/h4-8H,3H2,1-2H3,(H,17,18)(H,19,20). The molecule has 0 aliphatic rings. The highest BCUT2D eigenvalue weighted by Gasteiger charge is 2.18. The molecular weight excluding hydrogens is 313 g/mol. The monoisotopic (exact) mass is 327 g/mol. The van der Waals surface area contributed by atoms with E-state index < -0.39 is 11.7 Å². The Morgan fingerprint density at radius 3 is 2.86 bits per heavy atom. The maximum atomic E-state index is 14.2. The largest absolute Gasteiger partial charge is 0.368 e. The Balaban J connectivity index is 2.15. The molecule has 2 N–H and O–H groups in total. The molecule has 2 heterocycles. The summed E-state index contributed by atoms with van der Waals surface area (Å²) in [5, 5.41) is 5.53. The van der Waals surface area contributed by atoms with Crippen LogP contribution in [0.25, 0.3) is 0 Å². The second kappa shape index (κ2) is 6.87. The molecule has 0 aromatic carbocycles. The van der Waals surface area contributed by atoms with E-state index >= 15 is 0 Å². The predicted molar refractivity (Wildman–Crippen MR) is 83.6 cm³/mol. The highest BCUT2D eigenvalue weighted by molar-refractivity contribution is 7.16. The van der Waals surface area contributed by atoms with E-state index in [1.165, 1.54) is 23.6 Å². The molecule has 0 saturated heterocycles. The number of hydrogen-bond acceptors (Lipinski definition) is 4. The third kappa shape index (κ3) is 3.71. The van der Waals surface area contributed by atoms with E-state index in [1.807, 2.05) is 19.9 Å². The number of thiophene rings is 1. The first-order valence-corrected chi connectivity index (χ1v) is 7.66. The maximum Gasteiger partial charge on any atom is 0.254 e. The minimum absolute atomic E-state index is 0.0320. The summed E-state index contributed by atoms with van der Waals surface area (Å²) < 4.78 is 14.8. The molecule has 2 aromatic heterocycles. The number of anilines is 1. The average Bonchev–Trinajstić information content (AvgIpc) is 2.88. The van der Waals surface area contributed by atoms with Crippen LogP contribution in [0, 0.1) is 5.82 Å². The van der Waals surface area contributed by atoms with Gasteiger partial charge in [-0.05, 0) is 32.0 Å². The van der Waals surface area contributed by atoms with Gasteiger partial charge in [-0.1, -0.05) is 11.6 Å². The van der Waals surface area contributed by atoms with Crippen LogP contribution in [-0.2, 0) is 0 Å². The van der Waals surface area contributed by atoms with Crippen LogP contribution < -0.4 is 10.6 Å². The van der Waals surface area contributed by atoms with Crippen LogP contribution in [-0.4, -0.2) is 17.4 Å². The van der Waals surface area contributed by atoms with E-state index in [-0.39, 0.29) is 17.4 Å². The molecule has 21 heavy (non-hydrogen) atoms. The normalized spacial score (nSPS) is 12.0. The quantitative estimate of drug-likeness (QED) is 0.876. The Morgan fingerprint density at radius 1 is 1.48 bits per heavy atom. The second-order valence-electron chi connectivity index (χ2n) is 4.39. The fraction of sp³-hybridized carbons (Fsp3) is 0.286. The van der Waals surface area contributed by atoms with Crippen LogP contribution in [0.2, 0.25) is 4.34 Å². The zero-order valence-corrected chi connectivity index (χ0v) is 13.2. The molecule has 0 saturated carbocycles. The van der Waals surface area contributed by atoms with Gasteiger partial charge >= 0.3 is 0 Å². The number of pyridine rings is 1. The molecule has 0 aliphatic carbocycles. The zero-order chi connectivity index (χ0) is 15.4. The zero-order valence-electron chi connectivity index (χ0n) is 11.6. The minimum Gasteiger partial charge on any atom is -0.368 e. The predicted octanol–water partition coefficient (Wildman–Crippen LogP) is 3.86. The number of carbonyl (C=O) groups is 1. The molecular formula is C14H15ClFN3OS. The molecule has 1 atom stereocenters. The summed E-state index contributed by atoms with van der Waals surface area (Å²) in [6.45, 7) is 4.18. The van der Waals surface area contributed by atoms with Gasteiger partial charge in [-0.2, -0.15) is 0 Å². The topological polar surface area (TPSA) is 54.0 Å². The maximum absolute atomic E-state index is 14.2. The van der Waals surface area contributed by atoms with Crippen molar-refractivity contribution in [2.75, 3.05) is 11.9 Å². The highest BCUT2D eigenvalue weighted by atomic mass is 35.5. The van der Waals surface area contributed by atoms with Gasteiger partial charge in [0.1, 0.15) is 0 Å². The summed E-state index contributed by atoms with van der Waals surface area (Å²) in [6.07, 6.45) is 1.41. The molecule has 0 radical (unpaired) electrons. The second-order valence-corrected chi connectivity index (χ2v) is 6.14. The highest BCUT2D eigenvalue weighted by Crippen LogP contribution is 2.27. The number of halogens is 2. The molecule has 112 valence electrons. The van der Waals surface area contributed by atoms with Gasteiger partial charge < -0.3 is 10.6 Å². The number of nitrogens with one attached hydrogen (secondary N) is 2. The number of amides is 1. The fourth-order valence-electron chi connectivity index (χ4n) is 1.82. The lowest BCUT2D eigenvalue weighted by Gasteiger charge is -2.13. The van der Waals surface area contributed by atoms with Gasteiger partial charge in [-0.25, -0.2) is 9.37 Å². The Labute approximate surface area is 131 Å². The number of rotatable bonds is 5. The van der Waals surface area contributed by atoms with Crippen molar-refractivity contribution in [3.05, 3.63) is 45.0 Å². The van der Waals surface area contributed by atoms with Gasteiger partial charge in [0.15, 0.2) is 11.6 Å². The molecule has 1 amide bonds. The summed E-state index contributed by atoms with van der Waals surface area (Å²) in [6, 6.07) is 4.72. The van der Waals surface area contributed by atoms with Crippen molar-refractivity contribution in [2.24, 2.45) is 0 Å². The molecule has 0 spiro atoms. The van der Waals surface area contributed by atoms with Crippen molar-refractivity contribution >= 4 is 34.7 Å². The number of nitrogens with zero attached hydrogens (tertiary/aromatic N) is 1. The van der Waals surface area contributed by atoms with Gasteiger partial charge in [-0.15, -0.1) is 11.3 Å². The lowest BCUT2D eigenvalue weighted by molar-refractivity contribution is 0.0936. The van der Waals surface area contributed by atoms with Crippen molar-refractivity contribution in [3.8, 4) is 0 Å². The smallest absolute Gasteiger partial charge is 0.254 e. The first-order chi connectivity index (χ1) is 10.0. The summed E-state index contributed by atoms with van der Waals surface area (Å²) in [4.78, 5) is 17.0. The van der Waals surface area contributed by atoms with Crippen LogP contribution in [0.15, 0.2) is 24.4 Å². The van der Waals surface area contributed by atoms with Crippen molar-refractivity contribution in [2.45, 2.75) is 19.9 Å². The SMILES string of the molecule is CCNc1nccc(C(=O)NC(C)c2ccc(Cl)s2)c1F. The Hall–Kier alpha value is -1.66. The van der Waals surface area contributed by atoms with Crippen LogP contribution in [0.4, 0.5) is 10.2 Å². The number of hydrogen-bond donors (Lipinski definition) is 2. The van der Waals surface area contributed by atoms with Crippen molar-refractivity contribution in [3.63, 3.8) is 0 Å². The molecule has 0 fully saturated rings. The van der Waals surface area contributed by atoms with E-state index in [2.05, 4.69) is 15.6 Å². The van der Waals surface area contributed by atoms with Gasteiger partial charge in [0, 0.05) is 17.6 Å². The van der Waals surface area contributed by atoms with Gasteiger partial charge in [0.05, 0.1) is 15.9 Å². The fourth-order valence-corrected chi connectivity index (χ4v) is 2.88. The van der Waals surface area contributed by atoms with E-state index in [9.17, 15) is 9.18 Å². The average molecular weight is 328 g/mol.